The number of rotatable bonds is 7. The van der Waals surface area contributed by atoms with Gasteiger partial charge >= 0.3 is 5.97 Å². The molecule has 0 spiro atoms. The first-order chi connectivity index (χ1) is 18.7. The van der Waals surface area contributed by atoms with Crippen LogP contribution in [0.1, 0.15) is 43.0 Å². The molecule has 0 saturated carbocycles. The largest absolute Gasteiger partial charge is 0.459 e. The standard InChI is InChI=1S/C32H35N3O4/c1-21-8-6-7-9-27(21)28-13-12-24(17-26(28)20-37-5)31-33-30(34-39-31)23-11-10-22-14-15-35(18-25(22)16-23)19-29(36)38-32(2,3)4/h6-13,16-17H,14-15,18-20H2,1-5H3. The predicted octanol–water partition coefficient (Wildman–Crippen LogP) is 6.23. The van der Waals surface area contributed by atoms with Crippen molar-refractivity contribution in [1.29, 1.82) is 0 Å². The molecule has 0 unspecified atom stereocenters. The molecule has 1 aliphatic heterocycles. The molecular weight excluding hydrogens is 490 g/mol. The maximum absolute atomic E-state index is 12.3. The number of aryl methyl sites for hydroxylation is 1. The highest BCUT2D eigenvalue weighted by Gasteiger charge is 2.23. The average molecular weight is 526 g/mol. The van der Waals surface area contributed by atoms with Gasteiger partial charge in [0.25, 0.3) is 5.89 Å². The number of methoxy groups -OCH3 is 1. The van der Waals surface area contributed by atoms with Gasteiger partial charge in [-0.05, 0) is 85.7 Å². The zero-order chi connectivity index (χ0) is 27.6. The van der Waals surface area contributed by atoms with E-state index in [2.05, 4.69) is 53.4 Å². The van der Waals surface area contributed by atoms with Crippen LogP contribution >= 0.6 is 0 Å². The van der Waals surface area contributed by atoms with Gasteiger partial charge in [0, 0.05) is 31.3 Å². The molecule has 0 saturated heterocycles. The fourth-order valence-electron chi connectivity index (χ4n) is 5.04. The Bertz CT molecular complexity index is 1490. The van der Waals surface area contributed by atoms with Crippen LogP contribution in [0.3, 0.4) is 0 Å². The van der Waals surface area contributed by atoms with Crippen molar-refractivity contribution in [1.82, 2.24) is 15.0 Å². The Labute approximate surface area is 229 Å². The summed E-state index contributed by atoms with van der Waals surface area (Å²) in [6.07, 6.45) is 0.880. The van der Waals surface area contributed by atoms with Gasteiger partial charge in [0.1, 0.15) is 5.60 Å². The third kappa shape index (κ3) is 6.27. The van der Waals surface area contributed by atoms with Crippen LogP contribution in [0.2, 0.25) is 0 Å². The summed E-state index contributed by atoms with van der Waals surface area (Å²) in [7, 11) is 1.70. The molecule has 2 heterocycles. The molecule has 0 fully saturated rings. The first kappa shape index (κ1) is 26.8. The number of aromatic nitrogens is 2. The van der Waals surface area contributed by atoms with Gasteiger partial charge in [-0.2, -0.15) is 4.98 Å². The lowest BCUT2D eigenvalue weighted by atomic mass is 9.94. The lowest BCUT2D eigenvalue weighted by Crippen LogP contribution is -2.37. The second kappa shape index (κ2) is 11.1. The van der Waals surface area contributed by atoms with E-state index < -0.39 is 5.60 Å². The van der Waals surface area contributed by atoms with Gasteiger partial charge in [0.05, 0.1) is 13.2 Å². The SMILES string of the molecule is COCc1cc(-c2nc(-c3ccc4c(c3)CN(CC(=O)OC(C)(C)C)CC4)no2)ccc1-c1ccccc1C. The number of nitrogens with zero attached hydrogens (tertiary/aromatic N) is 3. The molecular formula is C32H35N3O4. The van der Waals surface area contributed by atoms with E-state index in [0.717, 1.165) is 35.2 Å². The number of fused-ring (bicyclic) bond motifs is 1. The Balaban J connectivity index is 1.36. The molecule has 3 aromatic carbocycles. The van der Waals surface area contributed by atoms with Crippen LogP contribution in [0.25, 0.3) is 34.0 Å². The highest BCUT2D eigenvalue weighted by atomic mass is 16.6. The molecule has 0 amide bonds. The summed E-state index contributed by atoms with van der Waals surface area (Å²) in [6.45, 7) is 10.0. The fourth-order valence-corrected chi connectivity index (χ4v) is 5.04. The summed E-state index contributed by atoms with van der Waals surface area (Å²) in [5.41, 5.74) is 8.26. The Kier molecular flexibility index (Phi) is 7.64. The van der Waals surface area contributed by atoms with E-state index in [1.54, 1.807) is 7.11 Å². The van der Waals surface area contributed by atoms with Gasteiger partial charge in [-0.1, -0.05) is 47.6 Å². The predicted molar refractivity (Wildman–Crippen MR) is 151 cm³/mol. The Hall–Kier alpha value is -3.81. The third-order valence-electron chi connectivity index (χ3n) is 6.84. The molecule has 202 valence electrons. The lowest BCUT2D eigenvalue weighted by molar-refractivity contribution is -0.156. The van der Waals surface area contributed by atoms with E-state index in [1.165, 1.54) is 22.3 Å². The molecule has 5 rings (SSSR count). The quantitative estimate of drug-likeness (QED) is 0.265. The van der Waals surface area contributed by atoms with Crippen LogP contribution < -0.4 is 0 Å². The highest BCUT2D eigenvalue weighted by Crippen LogP contribution is 2.32. The van der Waals surface area contributed by atoms with E-state index in [0.29, 0.717) is 24.9 Å². The maximum atomic E-state index is 12.3. The molecule has 0 bridgehead atoms. The number of hydrogen-bond acceptors (Lipinski definition) is 7. The van der Waals surface area contributed by atoms with Crippen molar-refractivity contribution in [3.63, 3.8) is 0 Å². The summed E-state index contributed by atoms with van der Waals surface area (Å²) in [6, 6.07) is 20.8. The molecule has 0 atom stereocenters. The van der Waals surface area contributed by atoms with Gasteiger partial charge in [0.2, 0.25) is 5.82 Å². The first-order valence-corrected chi connectivity index (χ1v) is 13.3. The zero-order valence-electron chi connectivity index (χ0n) is 23.3. The topological polar surface area (TPSA) is 77.7 Å². The minimum Gasteiger partial charge on any atom is -0.459 e. The second-order valence-electron chi connectivity index (χ2n) is 11.1. The highest BCUT2D eigenvalue weighted by molar-refractivity contribution is 5.74. The number of hydrogen-bond donors (Lipinski definition) is 0. The number of ether oxygens (including phenoxy) is 2. The number of carbonyl (C=O) groups excluding carboxylic acids is 1. The van der Waals surface area contributed by atoms with Gasteiger partial charge < -0.3 is 14.0 Å². The number of benzene rings is 3. The Morgan fingerprint density at radius 1 is 1.00 bits per heavy atom. The van der Waals surface area contributed by atoms with Crippen LogP contribution in [0.15, 0.2) is 65.2 Å². The maximum Gasteiger partial charge on any atom is 0.320 e. The number of carbonyl (C=O) groups is 1. The van der Waals surface area contributed by atoms with Crippen molar-refractivity contribution >= 4 is 5.97 Å². The summed E-state index contributed by atoms with van der Waals surface area (Å²) in [5.74, 6) is 0.794. The van der Waals surface area contributed by atoms with Crippen molar-refractivity contribution < 1.29 is 18.8 Å². The minimum absolute atomic E-state index is 0.203. The molecule has 0 aliphatic carbocycles. The van der Waals surface area contributed by atoms with Gasteiger partial charge in [0.15, 0.2) is 0 Å². The molecule has 7 heteroatoms. The Morgan fingerprint density at radius 3 is 2.56 bits per heavy atom. The van der Waals surface area contributed by atoms with E-state index in [9.17, 15) is 4.79 Å². The molecule has 1 aromatic heterocycles. The molecule has 1 aliphatic rings. The van der Waals surface area contributed by atoms with Crippen molar-refractivity contribution in [2.24, 2.45) is 0 Å². The van der Waals surface area contributed by atoms with Crippen molar-refractivity contribution in [2.75, 3.05) is 20.2 Å². The second-order valence-corrected chi connectivity index (χ2v) is 11.1. The Morgan fingerprint density at radius 2 is 1.79 bits per heavy atom. The van der Waals surface area contributed by atoms with Gasteiger partial charge in [-0.25, -0.2) is 0 Å². The van der Waals surface area contributed by atoms with Crippen molar-refractivity contribution in [3.8, 4) is 34.0 Å². The van der Waals surface area contributed by atoms with E-state index in [4.69, 9.17) is 19.0 Å². The van der Waals surface area contributed by atoms with E-state index >= 15 is 0 Å². The smallest absolute Gasteiger partial charge is 0.320 e. The fraction of sp³-hybridized carbons (Fsp3) is 0.344. The first-order valence-electron chi connectivity index (χ1n) is 13.3. The monoisotopic (exact) mass is 525 g/mol. The third-order valence-corrected chi connectivity index (χ3v) is 6.84. The van der Waals surface area contributed by atoms with Gasteiger partial charge in [-0.3, -0.25) is 9.69 Å². The number of esters is 1. The van der Waals surface area contributed by atoms with E-state index in [-0.39, 0.29) is 12.5 Å². The summed E-state index contributed by atoms with van der Waals surface area (Å²) >= 11 is 0. The molecule has 7 nitrogen and oxygen atoms in total. The average Bonchev–Trinajstić information content (AvgIpc) is 3.38. The summed E-state index contributed by atoms with van der Waals surface area (Å²) in [4.78, 5) is 19.2. The van der Waals surface area contributed by atoms with Crippen LogP contribution in [0.5, 0.6) is 0 Å². The minimum atomic E-state index is -0.487. The van der Waals surface area contributed by atoms with Gasteiger partial charge in [-0.15, -0.1) is 0 Å². The molecule has 39 heavy (non-hydrogen) atoms. The zero-order valence-corrected chi connectivity index (χ0v) is 23.3. The molecule has 0 radical (unpaired) electrons. The van der Waals surface area contributed by atoms with Crippen molar-refractivity contribution in [2.45, 2.75) is 52.9 Å². The summed E-state index contributed by atoms with van der Waals surface area (Å²) < 4.78 is 16.7. The van der Waals surface area contributed by atoms with Crippen LogP contribution in [-0.4, -0.2) is 46.8 Å². The van der Waals surface area contributed by atoms with Crippen molar-refractivity contribution in [3.05, 3.63) is 82.9 Å². The lowest BCUT2D eigenvalue weighted by Gasteiger charge is -2.29. The molecule has 4 aromatic rings. The van der Waals surface area contributed by atoms with E-state index in [1.807, 2.05) is 45.0 Å². The van der Waals surface area contributed by atoms with Crippen LogP contribution in [-0.2, 0) is 33.8 Å². The normalized spacial score (nSPS) is 13.8. The summed E-state index contributed by atoms with van der Waals surface area (Å²) in [5, 5.41) is 4.28. The van der Waals surface area contributed by atoms with Crippen LogP contribution in [0.4, 0.5) is 0 Å². The van der Waals surface area contributed by atoms with Crippen LogP contribution in [0, 0.1) is 6.92 Å². The molecule has 0 N–H and O–H groups in total.